The highest BCUT2D eigenvalue weighted by Crippen LogP contribution is 2.28. The number of aryl methyl sites for hydroxylation is 1. The van der Waals surface area contributed by atoms with Crippen LogP contribution in [-0.4, -0.2) is 33.5 Å². The summed E-state index contributed by atoms with van der Waals surface area (Å²) in [6, 6.07) is 15.8. The van der Waals surface area contributed by atoms with Crippen molar-refractivity contribution >= 4 is 34.1 Å². The summed E-state index contributed by atoms with van der Waals surface area (Å²) in [7, 11) is 0. The van der Waals surface area contributed by atoms with Crippen molar-refractivity contribution in [1.82, 2.24) is 14.5 Å². The second kappa shape index (κ2) is 8.34. The first-order valence-corrected chi connectivity index (χ1v) is 11.0. The Morgan fingerprint density at radius 2 is 1.88 bits per heavy atom. The molecular formula is C25H26N6O. The highest BCUT2D eigenvalue weighted by molar-refractivity contribution is 6.06. The van der Waals surface area contributed by atoms with E-state index in [0.717, 1.165) is 29.7 Å². The van der Waals surface area contributed by atoms with Crippen LogP contribution in [0.3, 0.4) is 0 Å². The van der Waals surface area contributed by atoms with Crippen LogP contribution in [-0.2, 0) is 0 Å². The first-order valence-electron chi connectivity index (χ1n) is 11.0. The molecule has 0 unspecified atom stereocenters. The van der Waals surface area contributed by atoms with Gasteiger partial charge in [-0.2, -0.15) is 4.98 Å². The standard InChI is InChI=1S/C25H26N6O/c1-17-15-18(9-10-21(17)30-13-5-2-6-14-30)28-25-27-12-11-23(29-25)31-16-20(24(26)32)19-7-3-4-8-22(19)31/h3-4,7-12,15-16H,2,5-6,13-14H2,1H3,(H2,26,32)(H,27,28,29). The van der Waals surface area contributed by atoms with Gasteiger partial charge in [0.2, 0.25) is 5.95 Å². The van der Waals surface area contributed by atoms with Crippen molar-refractivity contribution in [2.45, 2.75) is 26.2 Å². The number of nitrogens with one attached hydrogen (secondary N) is 1. The van der Waals surface area contributed by atoms with E-state index in [2.05, 4.69) is 45.3 Å². The predicted octanol–water partition coefficient (Wildman–Crippen LogP) is 4.56. The van der Waals surface area contributed by atoms with Crippen molar-refractivity contribution in [2.24, 2.45) is 5.73 Å². The summed E-state index contributed by atoms with van der Waals surface area (Å²) in [5, 5.41) is 4.12. The quantitative estimate of drug-likeness (QED) is 0.488. The van der Waals surface area contributed by atoms with Crippen molar-refractivity contribution < 1.29 is 4.79 Å². The monoisotopic (exact) mass is 426 g/mol. The van der Waals surface area contributed by atoms with Gasteiger partial charge in [-0.05, 0) is 62.1 Å². The van der Waals surface area contributed by atoms with Gasteiger partial charge in [-0.25, -0.2) is 4.98 Å². The van der Waals surface area contributed by atoms with E-state index in [1.165, 1.54) is 30.5 Å². The topological polar surface area (TPSA) is 89.1 Å². The fraction of sp³-hybridized carbons (Fsp3) is 0.240. The maximum atomic E-state index is 11.9. The van der Waals surface area contributed by atoms with Gasteiger partial charge in [-0.1, -0.05) is 18.2 Å². The van der Waals surface area contributed by atoms with E-state index in [9.17, 15) is 4.79 Å². The molecule has 3 heterocycles. The molecule has 1 saturated heterocycles. The second-order valence-electron chi connectivity index (χ2n) is 8.21. The van der Waals surface area contributed by atoms with Gasteiger partial charge in [0.15, 0.2) is 0 Å². The second-order valence-corrected chi connectivity index (χ2v) is 8.21. The molecule has 7 nitrogen and oxygen atoms in total. The van der Waals surface area contributed by atoms with Gasteiger partial charge in [0.05, 0.1) is 11.1 Å². The van der Waals surface area contributed by atoms with E-state index in [-0.39, 0.29) is 0 Å². The summed E-state index contributed by atoms with van der Waals surface area (Å²) in [5.41, 5.74) is 10.4. The van der Waals surface area contributed by atoms with E-state index in [0.29, 0.717) is 17.3 Å². The number of aromatic nitrogens is 3. The fourth-order valence-corrected chi connectivity index (χ4v) is 4.46. The molecule has 0 atom stereocenters. The van der Waals surface area contributed by atoms with Crippen LogP contribution in [0.15, 0.2) is 60.9 Å². The number of primary amides is 1. The van der Waals surface area contributed by atoms with Gasteiger partial charge in [0.25, 0.3) is 5.91 Å². The third kappa shape index (κ3) is 3.77. The molecule has 1 fully saturated rings. The Balaban J connectivity index is 1.44. The van der Waals surface area contributed by atoms with Gasteiger partial charge >= 0.3 is 0 Å². The summed E-state index contributed by atoms with van der Waals surface area (Å²) in [6.07, 6.45) is 7.27. The Morgan fingerprint density at radius 3 is 2.66 bits per heavy atom. The number of hydrogen-bond acceptors (Lipinski definition) is 5. The average Bonchev–Trinajstić information content (AvgIpc) is 3.20. The van der Waals surface area contributed by atoms with Crippen molar-refractivity contribution in [3.63, 3.8) is 0 Å². The molecule has 1 aliphatic heterocycles. The molecule has 1 aliphatic rings. The van der Waals surface area contributed by atoms with E-state index < -0.39 is 5.91 Å². The smallest absolute Gasteiger partial charge is 0.250 e. The minimum Gasteiger partial charge on any atom is -0.371 e. The number of anilines is 3. The maximum Gasteiger partial charge on any atom is 0.250 e. The molecule has 3 N–H and O–H groups in total. The van der Waals surface area contributed by atoms with E-state index >= 15 is 0 Å². The average molecular weight is 427 g/mol. The van der Waals surface area contributed by atoms with Crippen LogP contribution in [0.2, 0.25) is 0 Å². The molecule has 2 aromatic carbocycles. The van der Waals surface area contributed by atoms with Crippen molar-refractivity contribution in [1.29, 1.82) is 0 Å². The third-order valence-electron chi connectivity index (χ3n) is 6.01. The normalized spacial score (nSPS) is 14.0. The molecule has 32 heavy (non-hydrogen) atoms. The zero-order valence-electron chi connectivity index (χ0n) is 18.1. The number of amides is 1. The maximum absolute atomic E-state index is 11.9. The van der Waals surface area contributed by atoms with Gasteiger partial charge in [0, 0.05) is 42.2 Å². The molecule has 7 heteroatoms. The van der Waals surface area contributed by atoms with E-state index in [1.54, 1.807) is 12.4 Å². The van der Waals surface area contributed by atoms with Crippen LogP contribution in [0.5, 0.6) is 0 Å². The van der Waals surface area contributed by atoms with Crippen LogP contribution in [0.25, 0.3) is 16.7 Å². The van der Waals surface area contributed by atoms with Crippen molar-refractivity contribution in [3.05, 3.63) is 72.1 Å². The Bertz CT molecular complexity index is 1290. The molecule has 0 saturated carbocycles. The first kappa shape index (κ1) is 20.1. The predicted molar refractivity (Wildman–Crippen MR) is 128 cm³/mol. The van der Waals surface area contributed by atoms with Crippen molar-refractivity contribution in [2.75, 3.05) is 23.3 Å². The molecule has 0 spiro atoms. The lowest BCUT2D eigenvalue weighted by Gasteiger charge is -2.30. The lowest BCUT2D eigenvalue weighted by molar-refractivity contribution is 0.100. The molecule has 1 amide bonds. The van der Waals surface area contributed by atoms with Gasteiger partial charge < -0.3 is 20.5 Å². The first-order chi connectivity index (χ1) is 15.6. The van der Waals surface area contributed by atoms with E-state index in [1.807, 2.05) is 34.9 Å². The number of hydrogen-bond donors (Lipinski definition) is 2. The fourth-order valence-electron chi connectivity index (χ4n) is 4.46. The molecule has 4 aromatic rings. The number of nitrogens with two attached hydrogens (primary N) is 1. The van der Waals surface area contributed by atoms with Crippen LogP contribution in [0.1, 0.15) is 35.2 Å². The minimum absolute atomic E-state index is 0.461. The number of benzene rings is 2. The number of nitrogens with zero attached hydrogens (tertiary/aromatic N) is 4. The molecule has 162 valence electrons. The number of piperidine rings is 1. The number of fused-ring (bicyclic) bond motifs is 1. The number of para-hydroxylation sites is 1. The summed E-state index contributed by atoms with van der Waals surface area (Å²) in [6.45, 7) is 4.39. The SMILES string of the molecule is Cc1cc(Nc2nccc(-n3cc(C(N)=O)c4ccccc43)n2)ccc1N1CCCCC1. The molecule has 0 radical (unpaired) electrons. The summed E-state index contributed by atoms with van der Waals surface area (Å²) in [4.78, 5) is 23.4. The number of rotatable bonds is 5. The Labute approximate surface area is 186 Å². The zero-order chi connectivity index (χ0) is 22.1. The zero-order valence-corrected chi connectivity index (χ0v) is 18.1. The molecule has 5 rings (SSSR count). The Hall–Kier alpha value is -3.87. The van der Waals surface area contributed by atoms with Gasteiger partial charge in [-0.15, -0.1) is 0 Å². The lowest BCUT2D eigenvalue weighted by atomic mass is 10.1. The number of carbonyl (C=O) groups is 1. The van der Waals surface area contributed by atoms with Crippen LogP contribution >= 0.6 is 0 Å². The summed E-state index contributed by atoms with van der Waals surface area (Å²) >= 11 is 0. The van der Waals surface area contributed by atoms with Crippen LogP contribution in [0.4, 0.5) is 17.3 Å². The number of carbonyl (C=O) groups excluding carboxylic acids is 1. The van der Waals surface area contributed by atoms with Crippen LogP contribution in [0, 0.1) is 6.92 Å². The van der Waals surface area contributed by atoms with Crippen LogP contribution < -0.4 is 16.0 Å². The lowest BCUT2D eigenvalue weighted by Crippen LogP contribution is -2.29. The molecular weight excluding hydrogens is 400 g/mol. The molecule has 0 aliphatic carbocycles. The third-order valence-corrected chi connectivity index (χ3v) is 6.01. The largest absolute Gasteiger partial charge is 0.371 e. The molecule has 2 aromatic heterocycles. The minimum atomic E-state index is -0.461. The Kier molecular flexibility index (Phi) is 5.23. The highest BCUT2D eigenvalue weighted by Gasteiger charge is 2.15. The summed E-state index contributed by atoms with van der Waals surface area (Å²) < 4.78 is 1.87. The summed E-state index contributed by atoms with van der Waals surface area (Å²) in [5.74, 6) is 0.690. The van der Waals surface area contributed by atoms with E-state index in [4.69, 9.17) is 5.73 Å². The molecule has 0 bridgehead atoms. The highest BCUT2D eigenvalue weighted by atomic mass is 16.1. The van der Waals surface area contributed by atoms with Gasteiger partial charge in [0.1, 0.15) is 5.82 Å². The van der Waals surface area contributed by atoms with Gasteiger partial charge in [-0.3, -0.25) is 4.79 Å². The Morgan fingerprint density at radius 1 is 1.06 bits per heavy atom. The van der Waals surface area contributed by atoms with Crippen molar-refractivity contribution in [3.8, 4) is 5.82 Å².